The Balaban J connectivity index is 1.66. The third-order valence-electron chi connectivity index (χ3n) is 3.60. The number of carbonyl (C=O) groups is 1. The molecule has 0 aliphatic heterocycles. The lowest BCUT2D eigenvalue weighted by atomic mass is 10.3. The molecule has 1 N–H and O–H groups in total. The summed E-state index contributed by atoms with van der Waals surface area (Å²) in [6, 6.07) is 8.51. The Morgan fingerprint density at radius 2 is 1.93 bits per heavy atom. The second kappa shape index (κ2) is 7.37. The molecule has 0 unspecified atom stereocenters. The van der Waals surface area contributed by atoms with E-state index in [9.17, 15) is 27.7 Å². The highest BCUT2D eigenvalue weighted by atomic mass is 32.2. The minimum Gasteiger partial charge on any atom is -0.302 e. The summed E-state index contributed by atoms with van der Waals surface area (Å²) in [7, 11) is -3.72. The van der Waals surface area contributed by atoms with Crippen molar-refractivity contribution >= 4 is 48.1 Å². The Kier molecular flexibility index (Phi) is 5.15. The first-order valence-corrected chi connectivity index (χ1v) is 10.0. The van der Waals surface area contributed by atoms with Crippen molar-refractivity contribution in [3.8, 4) is 0 Å². The van der Waals surface area contributed by atoms with E-state index in [-0.39, 0.29) is 22.1 Å². The van der Waals surface area contributed by atoms with Crippen LogP contribution in [0.25, 0.3) is 10.2 Å². The number of hydrogen-bond donors (Lipinski definition) is 1. The normalized spacial score (nSPS) is 11.4. The van der Waals surface area contributed by atoms with E-state index in [2.05, 4.69) is 10.3 Å². The maximum absolute atomic E-state index is 12.9. The van der Waals surface area contributed by atoms with E-state index in [1.165, 1.54) is 18.2 Å². The molecule has 1 amide bonds. The zero-order valence-corrected chi connectivity index (χ0v) is 15.2. The average Bonchev–Trinajstić information content (AvgIpc) is 3.01. The molecule has 8 nitrogen and oxygen atoms in total. The van der Waals surface area contributed by atoms with Crippen molar-refractivity contribution in [2.24, 2.45) is 0 Å². The minimum atomic E-state index is -3.72. The lowest BCUT2D eigenvalue weighted by molar-refractivity contribution is -0.384. The Bertz CT molecular complexity index is 1130. The molecular weight excluding hydrogens is 397 g/mol. The Morgan fingerprint density at radius 1 is 1.22 bits per heavy atom. The molecule has 0 fully saturated rings. The molecule has 3 aromatic rings. The van der Waals surface area contributed by atoms with Gasteiger partial charge in [0.05, 0.1) is 25.8 Å². The number of carbonyl (C=O) groups excluding carboxylic acids is 1. The van der Waals surface area contributed by atoms with Crippen molar-refractivity contribution in [2.45, 2.75) is 11.3 Å². The number of non-ortho nitro benzene ring substituents is 1. The fourth-order valence-corrected chi connectivity index (χ4v) is 4.35. The number of benzene rings is 2. The quantitative estimate of drug-likeness (QED) is 0.379. The molecule has 0 spiro atoms. The molecule has 1 heterocycles. The second-order valence-electron chi connectivity index (χ2n) is 5.50. The van der Waals surface area contributed by atoms with Crippen LogP contribution in [-0.4, -0.2) is 30.0 Å². The predicted octanol–water partition coefficient (Wildman–Crippen LogP) is 3.15. The van der Waals surface area contributed by atoms with Crippen molar-refractivity contribution in [3.63, 3.8) is 0 Å². The molecule has 0 saturated heterocycles. The zero-order chi connectivity index (χ0) is 19.6. The second-order valence-corrected chi connectivity index (χ2v) is 8.64. The van der Waals surface area contributed by atoms with E-state index in [0.717, 1.165) is 35.6 Å². The van der Waals surface area contributed by atoms with Crippen molar-refractivity contribution in [2.75, 3.05) is 11.1 Å². The third-order valence-corrected chi connectivity index (χ3v) is 6.28. The summed E-state index contributed by atoms with van der Waals surface area (Å²) in [5, 5.41) is 13.5. The molecule has 0 saturated carbocycles. The number of nitro groups is 1. The highest BCUT2D eigenvalue weighted by Gasteiger charge is 2.18. The van der Waals surface area contributed by atoms with Gasteiger partial charge in [0, 0.05) is 18.6 Å². The van der Waals surface area contributed by atoms with Gasteiger partial charge in [0.25, 0.3) is 5.69 Å². The van der Waals surface area contributed by atoms with Crippen molar-refractivity contribution in [1.82, 2.24) is 4.98 Å². The molecule has 27 heavy (non-hydrogen) atoms. The van der Waals surface area contributed by atoms with Crippen LogP contribution in [0.3, 0.4) is 0 Å². The number of nitrogens with zero attached hydrogens (tertiary/aromatic N) is 2. The van der Waals surface area contributed by atoms with Crippen LogP contribution in [0, 0.1) is 15.9 Å². The van der Waals surface area contributed by atoms with Crippen LogP contribution in [0.4, 0.5) is 15.2 Å². The fraction of sp³-hybridized carbons (Fsp3) is 0.125. The van der Waals surface area contributed by atoms with Crippen molar-refractivity contribution < 1.29 is 22.5 Å². The molecule has 0 aliphatic rings. The maximum atomic E-state index is 12.9. The van der Waals surface area contributed by atoms with Crippen molar-refractivity contribution in [1.29, 1.82) is 0 Å². The highest BCUT2D eigenvalue weighted by Crippen LogP contribution is 2.28. The topological polar surface area (TPSA) is 119 Å². The molecule has 0 radical (unpaired) electrons. The Morgan fingerprint density at radius 3 is 2.59 bits per heavy atom. The van der Waals surface area contributed by atoms with Crippen LogP contribution >= 0.6 is 11.3 Å². The molecule has 1 aromatic heterocycles. The average molecular weight is 409 g/mol. The smallest absolute Gasteiger partial charge is 0.271 e. The number of nitrogens with one attached hydrogen (secondary N) is 1. The molecule has 3 rings (SSSR count). The summed E-state index contributed by atoms with van der Waals surface area (Å²) < 4.78 is 37.9. The van der Waals surface area contributed by atoms with E-state index in [1.54, 1.807) is 0 Å². The number of aromatic nitrogens is 1. The summed E-state index contributed by atoms with van der Waals surface area (Å²) in [6.07, 6.45) is -0.310. The van der Waals surface area contributed by atoms with E-state index < -0.39 is 32.2 Å². The van der Waals surface area contributed by atoms with Gasteiger partial charge in [-0.2, -0.15) is 0 Å². The van der Waals surface area contributed by atoms with E-state index in [1.807, 2.05) is 0 Å². The summed E-state index contributed by atoms with van der Waals surface area (Å²) in [5.74, 6) is -1.56. The number of rotatable bonds is 6. The summed E-state index contributed by atoms with van der Waals surface area (Å²) in [5.41, 5.74) is 0.250. The van der Waals surface area contributed by atoms with Crippen LogP contribution in [0.15, 0.2) is 47.4 Å². The van der Waals surface area contributed by atoms with E-state index in [0.29, 0.717) is 10.2 Å². The SMILES string of the molecule is O=C(CCS(=O)(=O)c1ccc(F)cc1)Nc1nc2cc([N+](=O)[O-])ccc2s1. The Hall–Kier alpha value is -2.92. The van der Waals surface area contributed by atoms with Crippen LogP contribution in [-0.2, 0) is 14.6 Å². The van der Waals surface area contributed by atoms with E-state index >= 15 is 0 Å². The summed E-state index contributed by atoms with van der Waals surface area (Å²) in [4.78, 5) is 26.3. The summed E-state index contributed by atoms with van der Waals surface area (Å²) in [6.45, 7) is 0. The summed E-state index contributed by atoms with van der Waals surface area (Å²) >= 11 is 1.12. The van der Waals surface area contributed by atoms with Gasteiger partial charge in [-0.3, -0.25) is 14.9 Å². The fourth-order valence-electron chi connectivity index (χ4n) is 2.25. The van der Waals surface area contributed by atoms with Gasteiger partial charge in [-0.05, 0) is 30.3 Å². The molecular formula is C16H12FN3O5S2. The zero-order valence-electron chi connectivity index (χ0n) is 13.6. The molecule has 2 aromatic carbocycles. The van der Waals surface area contributed by atoms with Gasteiger partial charge in [-0.15, -0.1) is 0 Å². The third kappa shape index (κ3) is 4.44. The lowest BCUT2D eigenvalue weighted by Crippen LogP contribution is -2.17. The molecule has 140 valence electrons. The van der Waals surface area contributed by atoms with Gasteiger partial charge in [0.15, 0.2) is 15.0 Å². The first-order chi connectivity index (χ1) is 12.7. The largest absolute Gasteiger partial charge is 0.302 e. The number of fused-ring (bicyclic) bond motifs is 1. The molecule has 0 bridgehead atoms. The minimum absolute atomic E-state index is 0.0657. The predicted molar refractivity (Wildman–Crippen MR) is 98.0 cm³/mol. The molecule has 0 aliphatic carbocycles. The number of anilines is 1. The van der Waals surface area contributed by atoms with Gasteiger partial charge < -0.3 is 5.32 Å². The maximum Gasteiger partial charge on any atom is 0.271 e. The van der Waals surface area contributed by atoms with Crippen LogP contribution in [0.2, 0.25) is 0 Å². The van der Waals surface area contributed by atoms with E-state index in [4.69, 9.17) is 0 Å². The number of hydrogen-bond acceptors (Lipinski definition) is 7. The van der Waals surface area contributed by atoms with Crippen LogP contribution in [0.1, 0.15) is 6.42 Å². The number of sulfone groups is 1. The highest BCUT2D eigenvalue weighted by molar-refractivity contribution is 7.91. The first kappa shape index (κ1) is 18.9. The van der Waals surface area contributed by atoms with Crippen LogP contribution < -0.4 is 5.32 Å². The number of thiazole rings is 1. The van der Waals surface area contributed by atoms with Gasteiger partial charge in [-0.25, -0.2) is 17.8 Å². The standard InChI is InChI=1S/C16H12FN3O5S2/c17-10-1-4-12(5-2-10)27(24,25)8-7-15(21)19-16-18-13-9-11(20(22)23)3-6-14(13)26-16/h1-6,9H,7-8H2,(H,18,19,21). The monoisotopic (exact) mass is 409 g/mol. The van der Waals surface area contributed by atoms with Crippen molar-refractivity contribution in [3.05, 3.63) is 58.4 Å². The van der Waals surface area contributed by atoms with Gasteiger partial charge in [0.2, 0.25) is 5.91 Å². The molecule has 0 atom stereocenters. The number of nitro benzene ring substituents is 1. The molecule has 11 heteroatoms. The van der Waals surface area contributed by atoms with Gasteiger partial charge in [0.1, 0.15) is 5.82 Å². The Labute approximate surface area is 156 Å². The van der Waals surface area contributed by atoms with Crippen LogP contribution in [0.5, 0.6) is 0 Å². The lowest BCUT2D eigenvalue weighted by Gasteiger charge is -2.04. The number of amides is 1. The number of halogens is 1. The first-order valence-electron chi connectivity index (χ1n) is 7.58. The van der Waals surface area contributed by atoms with Gasteiger partial charge in [-0.1, -0.05) is 11.3 Å². The van der Waals surface area contributed by atoms with Gasteiger partial charge >= 0.3 is 0 Å².